The van der Waals surface area contributed by atoms with Crippen LogP contribution in [0, 0.1) is 5.82 Å². The number of anilines is 3. The lowest BCUT2D eigenvalue weighted by molar-refractivity contribution is 0.102. The molecule has 2 N–H and O–H groups in total. The van der Waals surface area contributed by atoms with E-state index in [0.29, 0.717) is 45.6 Å². The standard InChI is InChI=1S/C32H23FN4O4/c33-20-7-5-19(6-8-20)24-17-37(22-11-12-22)18-25(29(24)38)32(39)35-21-9-13-23(14-10-21)40-28-15-16-34-31-30(28)41-27-4-2-1-3-26(27)36-31/h1-10,13-18,22H,11-12H2,(H,34,36)(H,35,39). The first-order valence-corrected chi connectivity index (χ1v) is 13.2. The van der Waals surface area contributed by atoms with Crippen LogP contribution in [0.25, 0.3) is 11.1 Å². The fourth-order valence-electron chi connectivity index (χ4n) is 4.70. The Morgan fingerprint density at radius 2 is 1.78 bits per heavy atom. The zero-order valence-electron chi connectivity index (χ0n) is 21.6. The average molecular weight is 547 g/mol. The number of benzene rings is 3. The minimum atomic E-state index is -0.525. The van der Waals surface area contributed by atoms with Gasteiger partial charge in [-0.3, -0.25) is 9.59 Å². The van der Waals surface area contributed by atoms with Gasteiger partial charge in [-0.25, -0.2) is 9.37 Å². The van der Waals surface area contributed by atoms with Crippen molar-refractivity contribution in [3.63, 3.8) is 0 Å². The highest BCUT2D eigenvalue weighted by Gasteiger charge is 2.26. The predicted molar refractivity (Wildman–Crippen MR) is 153 cm³/mol. The van der Waals surface area contributed by atoms with Gasteiger partial charge in [0.05, 0.1) is 5.69 Å². The fraction of sp³-hybridized carbons (Fsp3) is 0.0938. The van der Waals surface area contributed by atoms with Crippen molar-refractivity contribution in [2.75, 3.05) is 10.6 Å². The molecule has 2 aliphatic rings. The molecule has 3 aromatic carbocycles. The van der Waals surface area contributed by atoms with Gasteiger partial charge in [-0.1, -0.05) is 24.3 Å². The van der Waals surface area contributed by atoms with E-state index in [4.69, 9.17) is 9.47 Å². The first-order chi connectivity index (χ1) is 20.0. The van der Waals surface area contributed by atoms with E-state index in [1.807, 2.05) is 28.8 Å². The van der Waals surface area contributed by atoms with E-state index in [0.717, 1.165) is 18.5 Å². The van der Waals surface area contributed by atoms with Crippen molar-refractivity contribution in [1.82, 2.24) is 9.55 Å². The number of nitrogens with zero attached hydrogens (tertiary/aromatic N) is 2. The van der Waals surface area contributed by atoms with E-state index in [-0.39, 0.29) is 11.6 Å². The number of carbonyl (C=O) groups is 1. The van der Waals surface area contributed by atoms with Crippen LogP contribution in [0.4, 0.5) is 21.6 Å². The molecule has 0 spiro atoms. The smallest absolute Gasteiger partial charge is 0.261 e. The molecular formula is C32H23FN4O4. The first kappa shape index (κ1) is 24.6. The molecule has 202 valence electrons. The number of hydrogen-bond donors (Lipinski definition) is 2. The Morgan fingerprint density at radius 1 is 1.00 bits per heavy atom. The molecule has 9 heteroatoms. The maximum atomic E-state index is 13.5. The molecule has 0 saturated heterocycles. The van der Waals surface area contributed by atoms with Gasteiger partial charge in [-0.05, 0) is 66.9 Å². The lowest BCUT2D eigenvalue weighted by atomic mass is 10.0. The van der Waals surface area contributed by atoms with E-state index < -0.39 is 17.2 Å². The van der Waals surface area contributed by atoms with Crippen molar-refractivity contribution in [3.8, 4) is 34.1 Å². The van der Waals surface area contributed by atoms with E-state index in [1.165, 1.54) is 12.1 Å². The Bertz CT molecular complexity index is 1850. The molecule has 8 nitrogen and oxygen atoms in total. The second kappa shape index (κ2) is 9.95. The van der Waals surface area contributed by atoms with Gasteiger partial charge in [0.1, 0.15) is 17.1 Å². The highest BCUT2D eigenvalue weighted by molar-refractivity contribution is 6.04. The Balaban J connectivity index is 1.11. The highest BCUT2D eigenvalue weighted by atomic mass is 19.1. The number of amides is 1. The number of hydrogen-bond acceptors (Lipinski definition) is 6. The molecule has 1 aliphatic heterocycles. The third-order valence-corrected chi connectivity index (χ3v) is 6.97. The van der Waals surface area contributed by atoms with Crippen LogP contribution in [0.1, 0.15) is 29.2 Å². The zero-order chi connectivity index (χ0) is 27.9. The van der Waals surface area contributed by atoms with E-state index in [9.17, 15) is 14.0 Å². The number of pyridine rings is 2. The minimum absolute atomic E-state index is 0.0207. The molecule has 1 saturated carbocycles. The van der Waals surface area contributed by atoms with Gasteiger partial charge in [0.2, 0.25) is 11.2 Å². The summed E-state index contributed by atoms with van der Waals surface area (Å²) >= 11 is 0. The normalized spacial score (nSPS) is 13.3. The van der Waals surface area contributed by atoms with Gasteiger partial charge in [0, 0.05) is 41.9 Å². The zero-order valence-corrected chi connectivity index (χ0v) is 21.6. The summed E-state index contributed by atoms with van der Waals surface area (Å²) < 4.78 is 27.5. The first-order valence-electron chi connectivity index (χ1n) is 13.2. The molecule has 3 heterocycles. The molecule has 0 atom stereocenters. The van der Waals surface area contributed by atoms with Crippen LogP contribution in [0.3, 0.4) is 0 Å². The maximum absolute atomic E-state index is 13.5. The SMILES string of the molecule is O=C(Nc1ccc(Oc2ccnc3c2Oc2ccccc2N3)cc1)c1cn(C2CC2)cc(-c2ccc(F)cc2)c1=O. The third kappa shape index (κ3) is 4.89. The van der Waals surface area contributed by atoms with Crippen molar-refractivity contribution in [2.45, 2.75) is 18.9 Å². The molecule has 41 heavy (non-hydrogen) atoms. The van der Waals surface area contributed by atoms with Gasteiger partial charge in [-0.15, -0.1) is 0 Å². The number of para-hydroxylation sites is 2. The van der Waals surface area contributed by atoms with Gasteiger partial charge >= 0.3 is 0 Å². The Hall–Kier alpha value is -5.44. The van der Waals surface area contributed by atoms with Gasteiger partial charge in [0.15, 0.2) is 17.3 Å². The molecule has 2 aromatic heterocycles. The van der Waals surface area contributed by atoms with Crippen LogP contribution in [0.15, 0.2) is 102 Å². The Labute approximate surface area is 234 Å². The molecule has 7 rings (SSSR count). The Morgan fingerprint density at radius 3 is 2.56 bits per heavy atom. The summed E-state index contributed by atoms with van der Waals surface area (Å²) in [6.45, 7) is 0. The van der Waals surface area contributed by atoms with Crippen LogP contribution >= 0.6 is 0 Å². The number of nitrogens with one attached hydrogen (secondary N) is 2. The number of halogens is 1. The molecule has 0 bridgehead atoms. The topological polar surface area (TPSA) is 94.5 Å². The molecular weight excluding hydrogens is 523 g/mol. The summed E-state index contributed by atoms with van der Waals surface area (Å²) in [5.41, 5.74) is 1.83. The molecule has 5 aromatic rings. The molecule has 1 amide bonds. The third-order valence-electron chi connectivity index (χ3n) is 6.97. The monoisotopic (exact) mass is 546 g/mol. The van der Waals surface area contributed by atoms with E-state index in [1.54, 1.807) is 61.1 Å². The van der Waals surface area contributed by atoms with E-state index >= 15 is 0 Å². The fourth-order valence-corrected chi connectivity index (χ4v) is 4.70. The average Bonchev–Trinajstić information content (AvgIpc) is 3.84. The maximum Gasteiger partial charge on any atom is 0.261 e. The molecule has 1 fully saturated rings. The second-order valence-corrected chi connectivity index (χ2v) is 9.89. The van der Waals surface area contributed by atoms with Crippen LogP contribution in [0.2, 0.25) is 0 Å². The van der Waals surface area contributed by atoms with Crippen molar-refractivity contribution in [2.24, 2.45) is 0 Å². The van der Waals surface area contributed by atoms with Crippen LogP contribution < -0.4 is 25.5 Å². The number of fused-ring (bicyclic) bond motifs is 2. The number of ether oxygens (including phenoxy) is 2. The second-order valence-electron chi connectivity index (χ2n) is 9.89. The van der Waals surface area contributed by atoms with Crippen LogP contribution in [-0.2, 0) is 0 Å². The summed E-state index contributed by atoms with van der Waals surface area (Å²) in [7, 11) is 0. The van der Waals surface area contributed by atoms with E-state index in [2.05, 4.69) is 15.6 Å². The quantitative estimate of drug-likeness (QED) is 0.228. The molecule has 1 aliphatic carbocycles. The van der Waals surface area contributed by atoms with Crippen molar-refractivity contribution >= 4 is 23.1 Å². The van der Waals surface area contributed by atoms with Crippen molar-refractivity contribution < 1.29 is 18.7 Å². The number of carbonyl (C=O) groups excluding carboxylic acids is 1. The summed E-state index contributed by atoms with van der Waals surface area (Å²) in [6.07, 6.45) is 6.91. The lowest BCUT2D eigenvalue weighted by Gasteiger charge is -2.22. The van der Waals surface area contributed by atoms with Gasteiger partial charge in [-0.2, -0.15) is 0 Å². The predicted octanol–water partition coefficient (Wildman–Crippen LogP) is 7.28. The van der Waals surface area contributed by atoms with Crippen molar-refractivity contribution in [3.05, 3.63) is 119 Å². The minimum Gasteiger partial charge on any atom is -0.453 e. The number of rotatable bonds is 6. The van der Waals surface area contributed by atoms with Gasteiger partial charge in [0.25, 0.3) is 5.91 Å². The van der Waals surface area contributed by atoms with Gasteiger partial charge < -0.3 is 24.7 Å². The molecule has 0 unspecified atom stereocenters. The van der Waals surface area contributed by atoms with Crippen LogP contribution in [0.5, 0.6) is 23.0 Å². The number of aromatic nitrogens is 2. The summed E-state index contributed by atoms with van der Waals surface area (Å²) in [4.78, 5) is 30.9. The Kier molecular flexibility index (Phi) is 5.96. The summed E-state index contributed by atoms with van der Waals surface area (Å²) in [6, 6.07) is 22.0. The van der Waals surface area contributed by atoms with Crippen LogP contribution in [-0.4, -0.2) is 15.5 Å². The highest BCUT2D eigenvalue weighted by Crippen LogP contribution is 2.46. The van der Waals surface area contributed by atoms with Crippen molar-refractivity contribution in [1.29, 1.82) is 0 Å². The summed E-state index contributed by atoms with van der Waals surface area (Å²) in [5, 5.41) is 6.05. The molecule has 0 radical (unpaired) electrons. The largest absolute Gasteiger partial charge is 0.453 e. The lowest BCUT2D eigenvalue weighted by Crippen LogP contribution is -2.24. The summed E-state index contributed by atoms with van der Waals surface area (Å²) in [5.74, 6) is 1.76.